The molecule has 1 aliphatic heterocycles. The quantitative estimate of drug-likeness (QED) is 0.222. The molecule has 3 rings (SSSR count). The van der Waals surface area contributed by atoms with E-state index < -0.39 is 0 Å². The molecule has 0 radical (unpaired) electrons. The SMILES string of the molecule is CCNC(=NCCNc1nc2ccccc2s1)N1CCC(CC(=O)NC)CC1.I. The van der Waals surface area contributed by atoms with Crippen LogP contribution in [0.3, 0.4) is 0 Å². The highest BCUT2D eigenvalue weighted by atomic mass is 127. The molecule has 0 aliphatic carbocycles. The number of rotatable bonds is 7. The second-order valence-corrected chi connectivity index (χ2v) is 7.99. The molecule has 1 saturated heterocycles. The molecule has 2 heterocycles. The Kier molecular flexibility index (Phi) is 9.92. The van der Waals surface area contributed by atoms with Crippen molar-refractivity contribution in [1.82, 2.24) is 20.5 Å². The smallest absolute Gasteiger partial charge is 0.220 e. The van der Waals surface area contributed by atoms with Crippen LogP contribution in [-0.2, 0) is 4.79 Å². The van der Waals surface area contributed by atoms with Gasteiger partial charge in [0.1, 0.15) is 0 Å². The van der Waals surface area contributed by atoms with Gasteiger partial charge in [-0.3, -0.25) is 9.79 Å². The summed E-state index contributed by atoms with van der Waals surface area (Å²) < 4.78 is 1.20. The third kappa shape index (κ3) is 6.98. The second kappa shape index (κ2) is 12.2. The van der Waals surface area contributed by atoms with Gasteiger partial charge in [-0.25, -0.2) is 4.98 Å². The zero-order valence-corrected chi connectivity index (χ0v) is 20.3. The maximum absolute atomic E-state index is 11.6. The van der Waals surface area contributed by atoms with Crippen LogP contribution in [0.2, 0.25) is 0 Å². The van der Waals surface area contributed by atoms with Gasteiger partial charge in [-0.1, -0.05) is 23.5 Å². The van der Waals surface area contributed by atoms with Crippen molar-refractivity contribution in [2.24, 2.45) is 10.9 Å². The van der Waals surface area contributed by atoms with Gasteiger partial charge in [0, 0.05) is 39.6 Å². The number of benzene rings is 1. The molecule has 0 saturated carbocycles. The van der Waals surface area contributed by atoms with Crippen LogP contribution < -0.4 is 16.0 Å². The molecule has 160 valence electrons. The number of thiazole rings is 1. The molecule has 1 fully saturated rings. The number of amides is 1. The van der Waals surface area contributed by atoms with Crippen LogP contribution in [0.15, 0.2) is 29.3 Å². The standard InChI is InChI=1S/C20H30N6OS.HI/c1-3-22-19(26-12-8-15(9-13-26)14-18(27)21-2)23-10-11-24-20-25-16-6-4-5-7-17(16)28-20;/h4-7,15H,3,8-14H2,1-2H3,(H,21,27)(H,22,23)(H,24,25);1H. The van der Waals surface area contributed by atoms with Crippen molar-refractivity contribution in [1.29, 1.82) is 0 Å². The molecule has 9 heteroatoms. The molecule has 1 aromatic heterocycles. The molecular weight excluding hydrogens is 499 g/mol. The number of likely N-dealkylation sites (tertiary alicyclic amines) is 1. The Morgan fingerprint density at radius 3 is 2.76 bits per heavy atom. The summed E-state index contributed by atoms with van der Waals surface area (Å²) in [5.74, 6) is 1.58. The topological polar surface area (TPSA) is 81.7 Å². The summed E-state index contributed by atoms with van der Waals surface area (Å²) in [4.78, 5) is 23.3. The van der Waals surface area contributed by atoms with Gasteiger partial charge in [-0.15, -0.1) is 24.0 Å². The van der Waals surface area contributed by atoms with Crippen molar-refractivity contribution in [3.63, 3.8) is 0 Å². The summed E-state index contributed by atoms with van der Waals surface area (Å²) in [6, 6.07) is 8.17. The summed E-state index contributed by atoms with van der Waals surface area (Å²) in [5.41, 5.74) is 1.03. The number of nitrogens with zero attached hydrogens (tertiary/aromatic N) is 3. The minimum atomic E-state index is 0. The Hall–Kier alpha value is -1.62. The lowest BCUT2D eigenvalue weighted by atomic mass is 9.93. The van der Waals surface area contributed by atoms with Gasteiger partial charge < -0.3 is 20.9 Å². The minimum Gasteiger partial charge on any atom is -0.360 e. The molecule has 0 bridgehead atoms. The van der Waals surface area contributed by atoms with Crippen LogP contribution >= 0.6 is 35.3 Å². The molecule has 7 nitrogen and oxygen atoms in total. The largest absolute Gasteiger partial charge is 0.360 e. The number of aliphatic imine (C=N–C) groups is 1. The average Bonchev–Trinajstić information content (AvgIpc) is 3.13. The number of para-hydroxylation sites is 1. The summed E-state index contributed by atoms with van der Waals surface area (Å²) in [6.45, 7) is 6.27. The summed E-state index contributed by atoms with van der Waals surface area (Å²) in [7, 11) is 1.70. The van der Waals surface area contributed by atoms with Crippen LogP contribution in [0.4, 0.5) is 5.13 Å². The van der Waals surface area contributed by atoms with Crippen molar-refractivity contribution in [2.75, 3.05) is 45.1 Å². The number of aromatic nitrogens is 1. The van der Waals surface area contributed by atoms with Gasteiger partial charge >= 0.3 is 0 Å². The van der Waals surface area contributed by atoms with Gasteiger partial charge in [-0.05, 0) is 37.8 Å². The Morgan fingerprint density at radius 2 is 2.07 bits per heavy atom. The molecular formula is C20H31IN6OS. The van der Waals surface area contributed by atoms with Crippen molar-refractivity contribution in [3.8, 4) is 0 Å². The first kappa shape index (κ1) is 23.7. The molecule has 29 heavy (non-hydrogen) atoms. The van der Waals surface area contributed by atoms with Crippen molar-refractivity contribution < 1.29 is 4.79 Å². The monoisotopic (exact) mass is 530 g/mol. The highest BCUT2D eigenvalue weighted by molar-refractivity contribution is 14.0. The van der Waals surface area contributed by atoms with E-state index in [1.54, 1.807) is 18.4 Å². The summed E-state index contributed by atoms with van der Waals surface area (Å²) in [5, 5.41) is 10.4. The lowest BCUT2D eigenvalue weighted by Crippen LogP contribution is -2.46. The predicted molar refractivity (Wildman–Crippen MR) is 132 cm³/mol. The maximum atomic E-state index is 11.6. The minimum absolute atomic E-state index is 0. The number of fused-ring (bicyclic) bond motifs is 1. The molecule has 1 aromatic carbocycles. The second-order valence-electron chi connectivity index (χ2n) is 6.96. The first-order chi connectivity index (χ1) is 13.7. The van der Waals surface area contributed by atoms with E-state index in [9.17, 15) is 4.79 Å². The molecule has 0 atom stereocenters. The van der Waals surface area contributed by atoms with E-state index in [2.05, 4.69) is 38.8 Å². The number of hydrogen-bond acceptors (Lipinski definition) is 5. The van der Waals surface area contributed by atoms with Crippen LogP contribution in [0, 0.1) is 5.92 Å². The number of nitrogens with one attached hydrogen (secondary N) is 3. The summed E-state index contributed by atoms with van der Waals surface area (Å²) >= 11 is 1.67. The van der Waals surface area contributed by atoms with Gasteiger partial charge in [-0.2, -0.15) is 0 Å². The third-order valence-electron chi connectivity index (χ3n) is 4.95. The van der Waals surface area contributed by atoms with E-state index in [0.717, 1.165) is 55.6 Å². The molecule has 2 aromatic rings. The number of guanidine groups is 1. The van der Waals surface area contributed by atoms with Gasteiger partial charge in [0.25, 0.3) is 0 Å². The first-order valence-electron chi connectivity index (χ1n) is 10.0. The number of halogens is 1. The molecule has 1 aliphatic rings. The number of hydrogen-bond donors (Lipinski definition) is 3. The number of anilines is 1. The molecule has 3 N–H and O–H groups in total. The zero-order valence-electron chi connectivity index (χ0n) is 17.1. The maximum Gasteiger partial charge on any atom is 0.220 e. The fourth-order valence-electron chi connectivity index (χ4n) is 3.41. The molecule has 0 spiro atoms. The Bertz CT molecular complexity index is 770. The van der Waals surface area contributed by atoms with Crippen LogP contribution in [0.5, 0.6) is 0 Å². The Balaban J connectivity index is 0.00000300. The van der Waals surface area contributed by atoms with E-state index in [4.69, 9.17) is 4.99 Å². The number of carbonyl (C=O) groups is 1. The van der Waals surface area contributed by atoms with Crippen LogP contribution in [0.25, 0.3) is 10.2 Å². The van der Waals surface area contributed by atoms with E-state index >= 15 is 0 Å². The highest BCUT2D eigenvalue weighted by Gasteiger charge is 2.22. The van der Waals surface area contributed by atoms with E-state index in [1.807, 2.05) is 18.2 Å². The zero-order chi connectivity index (χ0) is 19.8. The van der Waals surface area contributed by atoms with E-state index in [0.29, 0.717) is 18.9 Å². The van der Waals surface area contributed by atoms with Crippen molar-refractivity contribution in [2.45, 2.75) is 26.2 Å². The number of piperidine rings is 1. The molecule has 0 unspecified atom stereocenters. The van der Waals surface area contributed by atoms with Crippen molar-refractivity contribution in [3.05, 3.63) is 24.3 Å². The average molecular weight is 530 g/mol. The van der Waals surface area contributed by atoms with Gasteiger partial charge in [0.2, 0.25) is 5.91 Å². The Morgan fingerprint density at radius 1 is 1.31 bits per heavy atom. The van der Waals surface area contributed by atoms with E-state index in [1.165, 1.54) is 4.70 Å². The van der Waals surface area contributed by atoms with Gasteiger partial charge in [0.05, 0.1) is 16.8 Å². The number of carbonyl (C=O) groups excluding carboxylic acids is 1. The fourth-order valence-corrected chi connectivity index (χ4v) is 4.30. The summed E-state index contributed by atoms with van der Waals surface area (Å²) in [6.07, 6.45) is 2.69. The van der Waals surface area contributed by atoms with Crippen molar-refractivity contribution >= 4 is 62.5 Å². The van der Waals surface area contributed by atoms with E-state index in [-0.39, 0.29) is 29.9 Å². The van der Waals surface area contributed by atoms with Gasteiger partial charge in [0.15, 0.2) is 11.1 Å². The Labute approximate surface area is 193 Å². The highest BCUT2D eigenvalue weighted by Crippen LogP contribution is 2.25. The van der Waals surface area contributed by atoms with Crippen LogP contribution in [-0.4, -0.2) is 61.5 Å². The predicted octanol–water partition coefficient (Wildman–Crippen LogP) is 3.14. The molecule has 1 amide bonds. The first-order valence-corrected chi connectivity index (χ1v) is 10.8. The van der Waals surface area contributed by atoms with Crippen LogP contribution in [0.1, 0.15) is 26.2 Å². The lowest BCUT2D eigenvalue weighted by Gasteiger charge is -2.34. The fraction of sp³-hybridized carbons (Fsp3) is 0.550. The third-order valence-corrected chi connectivity index (χ3v) is 5.94. The normalized spacial score (nSPS) is 15.1. The lowest BCUT2D eigenvalue weighted by molar-refractivity contribution is -0.121.